The Morgan fingerprint density at radius 1 is 1.22 bits per heavy atom. The molecule has 0 bridgehead atoms. The van der Waals surface area contributed by atoms with E-state index in [4.69, 9.17) is 15.9 Å². The number of hydrogen-bond acceptors (Lipinski definition) is 3. The van der Waals surface area contributed by atoms with Crippen molar-refractivity contribution in [1.82, 2.24) is 5.32 Å². The number of benzene rings is 1. The van der Waals surface area contributed by atoms with Crippen LogP contribution in [0.15, 0.2) is 24.3 Å². The van der Waals surface area contributed by atoms with Gasteiger partial charge in [0.05, 0.1) is 12.1 Å². The number of hydrogen-bond donors (Lipinski definition) is 1. The van der Waals surface area contributed by atoms with Crippen LogP contribution in [0.2, 0.25) is 0 Å². The first-order valence-electron chi connectivity index (χ1n) is 9.94. The highest BCUT2D eigenvalue weighted by Crippen LogP contribution is 2.29. The molecule has 0 aromatic heterocycles. The summed E-state index contributed by atoms with van der Waals surface area (Å²) in [5.41, 5.74) is 1.87. The van der Waals surface area contributed by atoms with Gasteiger partial charge >= 0.3 is 6.09 Å². The highest BCUT2D eigenvalue weighted by molar-refractivity contribution is 5.68. The zero-order valence-electron chi connectivity index (χ0n) is 17.1. The van der Waals surface area contributed by atoms with Crippen LogP contribution in [0.3, 0.4) is 0 Å². The fourth-order valence-corrected chi connectivity index (χ4v) is 3.57. The maximum Gasteiger partial charge on any atom is 0.407 e. The van der Waals surface area contributed by atoms with E-state index in [2.05, 4.69) is 37.4 Å². The van der Waals surface area contributed by atoms with Gasteiger partial charge in [0.2, 0.25) is 0 Å². The van der Waals surface area contributed by atoms with E-state index >= 15 is 0 Å². The summed E-state index contributed by atoms with van der Waals surface area (Å²) in [7, 11) is 0. The molecule has 1 aliphatic rings. The van der Waals surface area contributed by atoms with E-state index in [1.165, 1.54) is 5.56 Å². The standard InChI is InChI=1S/C23H33NO3/c1-6-26-15-18-10-12-19(13-11-18)16-27-22(25)24-23(4,5)21-9-7-8-20(14-21)17(2)3/h1,7-9,14,17-19H,10-13,15-16H2,2-5H3,(H,24,25). The van der Waals surface area contributed by atoms with Crippen LogP contribution in [-0.2, 0) is 15.0 Å². The van der Waals surface area contributed by atoms with Crippen molar-refractivity contribution in [1.29, 1.82) is 0 Å². The minimum Gasteiger partial charge on any atom is -0.449 e. The summed E-state index contributed by atoms with van der Waals surface area (Å²) in [6.45, 7) is 9.45. The van der Waals surface area contributed by atoms with Gasteiger partial charge in [-0.25, -0.2) is 4.79 Å². The molecule has 0 heterocycles. The smallest absolute Gasteiger partial charge is 0.407 e. The Hall–Kier alpha value is -2.15. The second-order valence-corrected chi connectivity index (χ2v) is 8.44. The number of carbonyl (C=O) groups excluding carboxylic acids is 1. The van der Waals surface area contributed by atoms with E-state index in [0.29, 0.717) is 31.0 Å². The highest BCUT2D eigenvalue weighted by Gasteiger charge is 2.26. The summed E-state index contributed by atoms with van der Waals surface area (Å²) in [5, 5.41) is 3.01. The Balaban J connectivity index is 1.80. The molecule has 1 fully saturated rings. The molecule has 0 spiro atoms. The SMILES string of the molecule is C#COCC1CCC(COC(=O)NC(C)(C)c2cccc(C(C)C)c2)CC1. The minimum absolute atomic E-state index is 0.354. The molecule has 0 unspecified atom stereocenters. The summed E-state index contributed by atoms with van der Waals surface area (Å²) >= 11 is 0. The maximum atomic E-state index is 12.3. The van der Waals surface area contributed by atoms with Crippen molar-refractivity contribution in [2.24, 2.45) is 11.8 Å². The van der Waals surface area contributed by atoms with Gasteiger partial charge in [-0.15, -0.1) is 0 Å². The summed E-state index contributed by atoms with van der Waals surface area (Å²) < 4.78 is 10.6. The third-order valence-corrected chi connectivity index (χ3v) is 5.51. The van der Waals surface area contributed by atoms with E-state index in [0.717, 1.165) is 31.2 Å². The maximum absolute atomic E-state index is 12.3. The molecular weight excluding hydrogens is 338 g/mol. The zero-order valence-corrected chi connectivity index (χ0v) is 17.1. The minimum atomic E-state index is -0.480. The quantitative estimate of drug-likeness (QED) is 0.671. The van der Waals surface area contributed by atoms with Crippen LogP contribution in [0.4, 0.5) is 4.79 Å². The molecule has 1 N–H and O–H groups in total. The Bertz CT molecular complexity index is 652. The van der Waals surface area contributed by atoms with Crippen LogP contribution in [0.5, 0.6) is 0 Å². The molecule has 1 aromatic carbocycles. The predicted molar refractivity (Wildman–Crippen MR) is 108 cm³/mol. The molecule has 148 valence electrons. The lowest BCUT2D eigenvalue weighted by atomic mass is 9.83. The molecular formula is C23H33NO3. The van der Waals surface area contributed by atoms with Crippen molar-refractivity contribution in [2.45, 2.75) is 64.8 Å². The first-order chi connectivity index (χ1) is 12.8. The summed E-state index contributed by atoms with van der Waals surface area (Å²) in [5.74, 6) is 1.40. The van der Waals surface area contributed by atoms with Gasteiger partial charge in [0, 0.05) is 0 Å². The van der Waals surface area contributed by atoms with E-state index in [1.807, 2.05) is 26.0 Å². The Morgan fingerprint density at radius 3 is 2.44 bits per heavy atom. The van der Waals surface area contributed by atoms with E-state index in [-0.39, 0.29) is 6.09 Å². The molecule has 1 aliphatic carbocycles. The number of ether oxygens (including phenoxy) is 2. The van der Waals surface area contributed by atoms with Crippen molar-refractivity contribution < 1.29 is 14.3 Å². The van der Waals surface area contributed by atoms with Crippen LogP contribution < -0.4 is 5.32 Å². The molecule has 0 atom stereocenters. The van der Waals surface area contributed by atoms with Gasteiger partial charge in [-0.05, 0) is 68.4 Å². The second-order valence-electron chi connectivity index (χ2n) is 8.44. The van der Waals surface area contributed by atoms with Crippen molar-refractivity contribution >= 4 is 6.09 Å². The number of terminal acetylenes is 1. The summed E-state index contributed by atoms with van der Waals surface area (Å²) in [6, 6.07) is 8.37. The predicted octanol–water partition coefficient (Wildman–Crippen LogP) is 5.19. The zero-order chi connectivity index (χ0) is 19.9. The first kappa shape index (κ1) is 21.2. The lowest BCUT2D eigenvalue weighted by Gasteiger charge is -2.29. The lowest BCUT2D eigenvalue weighted by Crippen LogP contribution is -2.42. The average Bonchev–Trinajstić information content (AvgIpc) is 2.65. The largest absolute Gasteiger partial charge is 0.449 e. The average molecular weight is 372 g/mol. The van der Waals surface area contributed by atoms with Gasteiger partial charge in [0.15, 0.2) is 0 Å². The van der Waals surface area contributed by atoms with Crippen molar-refractivity contribution in [3.8, 4) is 12.5 Å². The number of alkyl carbamates (subject to hydrolysis) is 1. The number of nitrogens with one attached hydrogen (secondary N) is 1. The van der Waals surface area contributed by atoms with E-state index < -0.39 is 5.54 Å². The number of carbonyl (C=O) groups is 1. The summed E-state index contributed by atoms with van der Waals surface area (Å²) in [4.78, 5) is 12.3. The first-order valence-corrected chi connectivity index (χ1v) is 9.94. The topological polar surface area (TPSA) is 47.6 Å². The molecule has 0 saturated heterocycles. The molecule has 1 saturated carbocycles. The van der Waals surface area contributed by atoms with Gasteiger partial charge in [-0.2, -0.15) is 0 Å². The molecule has 2 rings (SSSR count). The van der Waals surface area contributed by atoms with Crippen molar-refractivity contribution in [3.63, 3.8) is 0 Å². The second kappa shape index (κ2) is 9.69. The Morgan fingerprint density at radius 2 is 1.85 bits per heavy atom. The van der Waals surface area contributed by atoms with Crippen LogP contribution in [0, 0.1) is 24.4 Å². The molecule has 4 heteroatoms. The van der Waals surface area contributed by atoms with Crippen molar-refractivity contribution in [3.05, 3.63) is 35.4 Å². The molecule has 27 heavy (non-hydrogen) atoms. The molecule has 0 aliphatic heterocycles. The Labute approximate surface area is 164 Å². The van der Waals surface area contributed by atoms with Crippen LogP contribution in [-0.4, -0.2) is 19.3 Å². The van der Waals surface area contributed by atoms with E-state index in [1.54, 1.807) is 0 Å². The Kier molecular flexibility index (Phi) is 7.59. The fourth-order valence-electron chi connectivity index (χ4n) is 3.57. The van der Waals surface area contributed by atoms with Gasteiger partial charge in [0.1, 0.15) is 12.7 Å². The molecule has 0 radical (unpaired) electrons. The van der Waals surface area contributed by atoms with Crippen molar-refractivity contribution in [2.75, 3.05) is 13.2 Å². The van der Waals surface area contributed by atoms with Crippen LogP contribution in [0.1, 0.15) is 70.4 Å². The number of rotatable bonds is 7. The fraction of sp³-hybridized carbons (Fsp3) is 0.609. The van der Waals surface area contributed by atoms with Gasteiger partial charge in [-0.3, -0.25) is 0 Å². The molecule has 4 nitrogen and oxygen atoms in total. The molecule has 1 aromatic rings. The monoisotopic (exact) mass is 371 g/mol. The normalized spacial score (nSPS) is 20.0. The summed E-state index contributed by atoms with van der Waals surface area (Å²) in [6.07, 6.45) is 11.3. The van der Waals surface area contributed by atoms with Gasteiger partial charge < -0.3 is 14.8 Å². The van der Waals surface area contributed by atoms with E-state index in [9.17, 15) is 4.79 Å². The van der Waals surface area contributed by atoms with Crippen LogP contribution >= 0.6 is 0 Å². The van der Waals surface area contributed by atoms with Gasteiger partial charge in [0.25, 0.3) is 0 Å². The lowest BCUT2D eigenvalue weighted by molar-refractivity contribution is 0.0923. The number of amides is 1. The highest BCUT2D eigenvalue weighted by atomic mass is 16.5. The molecule has 1 amide bonds. The third kappa shape index (κ3) is 6.50. The van der Waals surface area contributed by atoms with Crippen LogP contribution in [0.25, 0.3) is 0 Å². The third-order valence-electron chi connectivity index (χ3n) is 5.51. The van der Waals surface area contributed by atoms with Gasteiger partial charge in [-0.1, -0.05) is 44.5 Å².